The minimum Gasteiger partial charge on any atom is -0.471 e. The topological polar surface area (TPSA) is 78.3 Å². The molecule has 0 radical (unpaired) electrons. The Morgan fingerprint density at radius 2 is 0.658 bits per heavy atom. The molecule has 0 saturated heterocycles. The minimum absolute atomic E-state index is 0.353. The second-order valence-corrected chi connectivity index (χ2v) is 36.3. The van der Waals surface area contributed by atoms with Crippen LogP contribution in [0.4, 0.5) is 102 Å². The fourth-order valence-electron chi connectivity index (χ4n) is 21.6. The van der Waals surface area contributed by atoms with Crippen molar-refractivity contribution in [2.45, 2.75) is 75.5 Å². The van der Waals surface area contributed by atoms with Crippen LogP contribution >= 0.6 is 34.0 Å². The van der Waals surface area contributed by atoms with Gasteiger partial charge in [-0.3, -0.25) is 4.90 Å². The smallest absolute Gasteiger partial charge is 0.206 e. The van der Waals surface area contributed by atoms with Crippen molar-refractivity contribution in [3.8, 4) is 0 Å². The van der Waals surface area contributed by atoms with Gasteiger partial charge in [0.2, 0.25) is 5.88 Å². The van der Waals surface area contributed by atoms with Gasteiger partial charge in [-0.1, -0.05) is 140 Å². The molecule has 0 N–H and O–H groups in total. The standard InChI is InChI=1S/3C17H14N2O.3C17H14N2S/c1-18-13-7-3-4-8-14(13)19-16(18)10-12-11-6-2-5-9-15(11)20-17(12)19;1-18-12-7-3-4-8-13(12)19-16(18)10-15-17(19)11-6-2-5-9-14(11)20-15;1-18-14-4-2-3-5-15(14)19-16-7-13-10-20-9-12(13)6-11(16)8-17(18)19;1-18-13-7-3-4-8-14(13)19-16(18)10-12-11-6-2-5-9-15(11)20-17(12)19;1-18-12-7-3-4-8-13(12)19-16(18)10-15-17(19)11-6-2-5-9-14(11)20-15;1-18-14-4-2-3-5-15(14)19-16-7-13-10-20-9-12(13)6-11(16)8-17(18)19/h2*2-9,16H,10H2,1H3;2-7,9-10,17H,8H2,1H3;2*2-9,16H,10H2,1H3;2-7,9-10,17H,8H2,1H3. The summed E-state index contributed by atoms with van der Waals surface area (Å²) in [7, 11) is 13.1. The summed E-state index contributed by atoms with van der Waals surface area (Å²) in [5.74, 6) is 2.13. The van der Waals surface area contributed by atoms with Crippen molar-refractivity contribution >= 4 is 200 Å². The van der Waals surface area contributed by atoms with Crippen LogP contribution in [0.1, 0.15) is 32.9 Å². The van der Waals surface area contributed by atoms with Crippen LogP contribution < -0.4 is 58.8 Å². The van der Waals surface area contributed by atoms with E-state index in [0.717, 1.165) is 61.3 Å². The zero-order valence-corrected chi connectivity index (χ0v) is 69.7. The second-order valence-electron chi connectivity index (χ2n) is 33.4. The number of furan rings is 3. The van der Waals surface area contributed by atoms with Crippen LogP contribution in [-0.4, -0.2) is 79.3 Å². The van der Waals surface area contributed by atoms with Crippen LogP contribution in [-0.2, 0) is 38.5 Å². The number of thiophene rings is 3. The molecule has 6 unspecified atom stereocenters. The van der Waals surface area contributed by atoms with Crippen molar-refractivity contribution in [2.24, 2.45) is 0 Å². The molecule has 12 aliphatic heterocycles. The van der Waals surface area contributed by atoms with E-state index in [1.807, 2.05) is 59.5 Å². The summed E-state index contributed by atoms with van der Waals surface area (Å²) in [6.45, 7) is 0. The first-order valence-corrected chi connectivity index (χ1v) is 44.3. The molecule has 0 aliphatic carbocycles. The fourth-order valence-corrected chi connectivity index (χ4v) is 24.9. The quantitative estimate of drug-likeness (QED) is 0.144. The number of rotatable bonds is 0. The largest absolute Gasteiger partial charge is 0.471 e. The SMILES string of the molecule is CN1c2ccccc2N2c3c(oc4ccccc34)CC12.CN1c2ccccc2N2c3c(sc4ccccc34)CC12.CN1c2ccccc2N2c3cc4cocc4cc3CC12.CN1c2ccccc2N2c3cc4cscc4cc3CC12.CN1c2ccccc2N2c3oc4ccccc4c3CC12.CN1c2ccccc2N2c3sc4ccccc4c3CC12. The normalized spacial score (nSPS) is 19.4. The molecule has 6 atom stereocenters. The van der Waals surface area contributed by atoms with E-state index in [4.69, 9.17) is 13.3 Å². The Morgan fingerprint density at radius 1 is 0.283 bits per heavy atom. The summed E-state index contributed by atoms with van der Waals surface area (Å²) in [5.41, 5.74) is 28.9. The molecule has 18 aromatic rings. The molecule has 0 fully saturated rings. The van der Waals surface area contributed by atoms with Crippen molar-refractivity contribution in [2.75, 3.05) is 101 Å². The van der Waals surface area contributed by atoms with Gasteiger partial charge in [0.25, 0.3) is 0 Å². The number of hydrogen-bond donors (Lipinski definition) is 0. The lowest BCUT2D eigenvalue weighted by atomic mass is 10.1. The van der Waals surface area contributed by atoms with Crippen molar-refractivity contribution in [3.05, 3.63) is 323 Å². The molecule has 588 valence electrons. The van der Waals surface area contributed by atoms with Crippen LogP contribution in [0.2, 0.25) is 0 Å². The van der Waals surface area contributed by atoms with Crippen LogP contribution in [0.25, 0.3) is 63.7 Å². The highest BCUT2D eigenvalue weighted by Gasteiger charge is 2.49. The molecule has 0 bridgehead atoms. The Labute approximate surface area is 707 Å². The molecular formula is C102H84N12O3S3. The van der Waals surface area contributed by atoms with Gasteiger partial charge in [-0.05, 0) is 171 Å². The zero-order chi connectivity index (χ0) is 79.6. The average molecular weight is 1620 g/mol. The third-order valence-electron chi connectivity index (χ3n) is 27.3. The molecule has 30 rings (SSSR count). The van der Waals surface area contributed by atoms with Crippen LogP contribution in [0, 0.1) is 0 Å². The van der Waals surface area contributed by atoms with Gasteiger partial charge in [0, 0.05) is 139 Å². The molecule has 0 saturated carbocycles. The van der Waals surface area contributed by atoms with E-state index >= 15 is 0 Å². The summed E-state index contributed by atoms with van der Waals surface area (Å²) in [5, 5.41) is 16.4. The maximum atomic E-state index is 6.13. The summed E-state index contributed by atoms with van der Waals surface area (Å²) in [6.07, 6.45) is 12.5. The Bertz CT molecular complexity index is 6650. The number of nitrogens with zero attached hydrogens (tertiary/aromatic N) is 12. The lowest BCUT2D eigenvalue weighted by Gasteiger charge is -2.24. The van der Waals surface area contributed by atoms with Gasteiger partial charge < -0.3 is 67.2 Å². The zero-order valence-electron chi connectivity index (χ0n) is 67.2. The number of para-hydroxylation sites is 14. The van der Waals surface area contributed by atoms with Gasteiger partial charge in [-0.25, -0.2) is 0 Å². The van der Waals surface area contributed by atoms with Crippen molar-refractivity contribution in [1.82, 2.24) is 0 Å². The van der Waals surface area contributed by atoms with Gasteiger partial charge in [-0.15, -0.1) is 22.7 Å². The van der Waals surface area contributed by atoms with E-state index in [1.54, 1.807) is 11.3 Å². The number of fused-ring (bicyclic) bond motifs is 40. The molecule has 15 nitrogen and oxygen atoms in total. The molecule has 18 heterocycles. The number of anilines is 18. The first-order valence-electron chi connectivity index (χ1n) is 41.7. The Kier molecular flexibility index (Phi) is 15.5. The second kappa shape index (κ2) is 26.6. The predicted octanol–water partition coefficient (Wildman–Crippen LogP) is 24.8. The van der Waals surface area contributed by atoms with Gasteiger partial charge in [0.15, 0.2) is 0 Å². The maximum absolute atomic E-state index is 6.13. The molecule has 120 heavy (non-hydrogen) atoms. The molecule has 0 amide bonds. The number of likely N-dealkylation sites (N-methyl/N-ethyl adjacent to an activating group) is 6. The molecule has 18 heteroatoms. The van der Waals surface area contributed by atoms with Crippen molar-refractivity contribution < 1.29 is 13.3 Å². The van der Waals surface area contributed by atoms with Gasteiger partial charge >= 0.3 is 0 Å². The first kappa shape index (κ1) is 69.8. The Morgan fingerprint density at radius 3 is 1.22 bits per heavy atom. The third-order valence-corrected chi connectivity index (χ3v) is 30.5. The highest BCUT2D eigenvalue weighted by Crippen LogP contribution is 2.60. The highest BCUT2D eigenvalue weighted by atomic mass is 32.1. The maximum Gasteiger partial charge on any atom is 0.206 e. The van der Waals surface area contributed by atoms with Crippen LogP contribution in [0.3, 0.4) is 0 Å². The van der Waals surface area contributed by atoms with E-state index in [9.17, 15) is 0 Å². The summed E-state index contributed by atoms with van der Waals surface area (Å²) in [4.78, 5) is 30.6. The van der Waals surface area contributed by atoms with E-state index in [2.05, 4.69) is 354 Å². The summed E-state index contributed by atoms with van der Waals surface area (Å²) in [6, 6.07) is 95.4. The summed E-state index contributed by atoms with van der Waals surface area (Å²) >= 11 is 5.67. The Balaban J connectivity index is 0.0000000798. The number of hydrogen-bond acceptors (Lipinski definition) is 18. The third kappa shape index (κ3) is 10.2. The van der Waals surface area contributed by atoms with E-state index in [-0.39, 0.29) is 0 Å². The molecular weight excluding hydrogens is 1540 g/mol. The molecule has 6 aromatic heterocycles. The monoisotopic (exact) mass is 1620 g/mol. The predicted molar refractivity (Wildman–Crippen MR) is 501 cm³/mol. The molecule has 12 aromatic carbocycles. The van der Waals surface area contributed by atoms with E-state index < -0.39 is 0 Å². The Hall–Kier alpha value is -13.3. The average Bonchev–Trinajstić information content (AvgIpc) is 1.58. The van der Waals surface area contributed by atoms with Crippen molar-refractivity contribution in [1.29, 1.82) is 0 Å². The fraction of sp³-hybridized carbons (Fsp3) is 0.176. The molecule has 0 spiro atoms. The van der Waals surface area contributed by atoms with E-state index in [1.165, 1.54) is 176 Å². The molecule has 12 aliphatic rings. The van der Waals surface area contributed by atoms with Gasteiger partial charge in [0.1, 0.15) is 58.9 Å². The van der Waals surface area contributed by atoms with Gasteiger partial charge in [-0.2, -0.15) is 11.3 Å². The minimum atomic E-state index is 0.353. The first-order chi connectivity index (χ1) is 59.0. The van der Waals surface area contributed by atoms with Gasteiger partial charge in [0.05, 0.1) is 92.1 Å². The van der Waals surface area contributed by atoms with Crippen molar-refractivity contribution in [3.63, 3.8) is 0 Å². The highest BCUT2D eigenvalue weighted by molar-refractivity contribution is 7.23. The summed E-state index contributed by atoms with van der Waals surface area (Å²) < 4.78 is 20.3. The lowest BCUT2D eigenvalue weighted by Crippen LogP contribution is -2.36. The van der Waals surface area contributed by atoms with E-state index in [0.29, 0.717) is 37.0 Å². The lowest BCUT2D eigenvalue weighted by molar-refractivity contribution is 0.540. The number of benzene rings is 12. The van der Waals surface area contributed by atoms with Crippen LogP contribution in [0.5, 0.6) is 0 Å². The van der Waals surface area contributed by atoms with Crippen LogP contribution in [0.15, 0.2) is 303 Å².